The maximum atomic E-state index is 13.5. The normalized spacial score (nSPS) is 19.3. The molecule has 1 saturated heterocycles. The lowest BCUT2D eigenvalue weighted by Crippen LogP contribution is -2.46. The summed E-state index contributed by atoms with van der Waals surface area (Å²) in [6.45, 7) is -0.863. The van der Waals surface area contributed by atoms with E-state index in [0.29, 0.717) is 19.4 Å². The molecule has 2 N–H and O–H groups in total. The van der Waals surface area contributed by atoms with E-state index in [0.717, 1.165) is 12.1 Å². The highest BCUT2D eigenvalue weighted by molar-refractivity contribution is 6.31. The van der Waals surface area contributed by atoms with Gasteiger partial charge >= 0.3 is 12.4 Å². The Morgan fingerprint density at radius 2 is 1.94 bits per heavy atom. The highest BCUT2D eigenvalue weighted by atomic mass is 35.5. The number of carbonyl (C=O) groups excluding carboxylic acids is 1. The summed E-state index contributed by atoms with van der Waals surface area (Å²) in [5.74, 6) is -2.56. The molecule has 31 heavy (non-hydrogen) atoms. The van der Waals surface area contributed by atoms with Crippen LogP contribution >= 0.6 is 11.6 Å². The molecule has 1 unspecified atom stereocenters. The van der Waals surface area contributed by atoms with Gasteiger partial charge in [0.25, 0.3) is 5.91 Å². The van der Waals surface area contributed by atoms with Crippen molar-refractivity contribution in [3.8, 4) is 6.08 Å². The van der Waals surface area contributed by atoms with Gasteiger partial charge < -0.3 is 19.8 Å². The average molecular weight is 471 g/mol. The molecule has 2 aromatic rings. The molecule has 1 aliphatic heterocycles. The highest BCUT2D eigenvalue weighted by Crippen LogP contribution is 2.25. The third kappa shape index (κ3) is 6.48. The van der Waals surface area contributed by atoms with Crippen molar-refractivity contribution in [2.75, 3.05) is 19.8 Å². The van der Waals surface area contributed by atoms with Crippen LogP contribution in [0.25, 0.3) is 0 Å². The highest BCUT2D eigenvalue weighted by Gasteiger charge is 2.29. The van der Waals surface area contributed by atoms with Gasteiger partial charge in [0.05, 0.1) is 12.6 Å². The molecule has 0 aliphatic carbocycles. The number of halogens is 6. The Bertz CT molecular complexity index is 895. The SMILES string of the molecule is O=C(NC1CC[C@H](c2nnc(OCCOC(F)(F)F)o2)NC1)c1cc(F)c(Cl)c(F)c1. The van der Waals surface area contributed by atoms with Gasteiger partial charge in [0.1, 0.15) is 23.3 Å². The first-order chi connectivity index (χ1) is 14.6. The molecule has 1 fully saturated rings. The topological polar surface area (TPSA) is 98.5 Å². The Labute approximate surface area is 177 Å². The van der Waals surface area contributed by atoms with Crippen molar-refractivity contribution in [3.63, 3.8) is 0 Å². The first kappa shape index (κ1) is 23.2. The van der Waals surface area contributed by atoms with Crippen molar-refractivity contribution < 1.29 is 40.6 Å². The third-order valence-electron chi connectivity index (χ3n) is 4.29. The quantitative estimate of drug-likeness (QED) is 0.364. The minimum absolute atomic E-state index is 0.165. The van der Waals surface area contributed by atoms with Crippen molar-refractivity contribution in [2.45, 2.75) is 31.3 Å². The number of nitrogens with zero attached hydrogens (tertiary/aromatic N) is 2. The number of nitrogens with one attached hydrogen (secondary N) is 2. The number of ether oxygens (including phenoxy) is 2. The van der Waals surface area contributed by atoms with Gasteiger partial charge in [0, 0.05) is 18.2 Å². The third-order valence-corrected chi connectivity index (χ3v) is 4.65. The fourth-order valence-corrected chi connectivity index (χ4v) is 2.96. The molecular formula is C17H16ClF5N4O4. The summed E-state index contributed by atoms with van der Waals surface area (Å²) >= 11 is 5.40. The molecule has 2 heterocycles. The van der Waals surface area contributed by atoms with Crippen molar-refractivity contribution in [2.24, 2.45) is 0 Å². The zero-order valence-electron chi connectivity index (χ0n) is 15.6. The molecule has 3 rings (SSSR count). The molecule has 2 atom stereocenters. The van der Waals surface area contributed by atoms with E-state index in [1.165, 1.54) is 0 Å². The molecule has 1 aliphatic rings. The molecule has 8 nitrogen and oxygen atoms in total. The predicted molar refractivity (Wildman–Crippen MR) is 94.4 cm³/mol. The summed E-state index contributed by atoms with van der Waals surface area (Å²) in [4.78, 5) is 12.2. The molecule has 1 aromatic carbocycles. The number of amides is 1. The molecule has 0 spiro atoms. The number of hydrogen-bond acceptors (Lipinski definition) is 7. The molecule has 0 bridgehead atoms. The Morgan fingerprint density at radius 1 is 1.23 bits per heavy atom. The lowest BCUT2D eigenvalue weighted by atomic mass is 10.0. The van der Waals surface area contributed by atoms with Gasteiger partial charge in [-0.15, -0.1) is 18.3 Å². The number of carbonyl (C=O) groups is 1. The summed E-state index contributed by atoms with van der Waals surface area (Å²) in [5, 5.41) is 12.4. The zero-order chi connectivity index (χ0) is 22.6. The van der Waals surface area contributed by atoms with E-state index in [9.17, 15) is 26.7 Å². The van der Waals surface area contributed by atoms with E-state index in [4.69, 9.17) is 20.8 Å². The second-order valence-electron chi connectivity index (χ2n) is 6.51. The van der Waals surface area contributed by atoms with E-state index < -0.39 is 42.1 Å². The van der Waals surface area contributed by atoms with Crippen LogP contribution < -0.4 is 15.4 Å². The Balaban J connectivity index is 1.45. The van der Waals surface area contributed by atoms with Crippen molar-refractivity contribution in [1.82, 2.24) is 20.8 Å². The van der Waals surface area contributed by atoms with Crippen LogP contribution in [0.3, 0.4) is 0 Å². The summed E-state index contributed by atoms with van der Waals surface area (Å²) in [6, 6.07) is 0.998. The smallest absolute Gasteiger partial charge is 0.447 e. The van der Waals surface area contributed by atoms with Gasteiger partial charge in [0.2, 0.25) is 5.89 Å². The molecule has 170 valence electrons. The Morgan fingerprint density at radius 3 is 2.55 bits per heavy atom. The van der Waals surface area contributed by atoms with Crippen molar-refractivity contribution in [3.05, 3.63) is 40.2 Å². The fraction of sp³-hybridized carbons (Fsp3) is 0.471. The van der Waals surface area contributed by atoms with Crippen molar-refractivity contribution >= 4 is 17.5 Å². The predicted octanol–water partition coefficient (Wildman–Crippen LogP) is 3.14. The van der Waals surface area contributed by atoms with Crippen LogP contribution in [-0.2, 0) is 4.74 Å². The van der Waals surface area contributed by atoms with Crippen LogP contribution in [0.5, 0.6) is 6.08 Å². The lowest BCUT2D eigenvalue weighted by Gasteiger charge is -2.28. The minimum atomic E-state index is -4.75. The van der Waals surface area contributed by atoms with Gasteiger partial charge in [-0.25, -0.2) is 8.78 Å². The van der Waals surface area contributed by atoms with Gasteiger partial charge in [-0.3, -0.25) is 9.53 Å². The fourth-order valence-electron chi connectivity index (χ4n) is 2.85. The van der Waals surface area contributed by atoms with E-state index in [1.54, 1.807) is 0 Å². The summed E-state index contributed by atoms with van der Waals surface area (Å²) in [5.41, 5.74) is -0.199. The average Bonchev–Trinajstić information content (AvgIpc) is 3.18. The molecule has 14 heteroatoms. The number of piperidine rings is 1. The second-order valence-corrected chi connectivity index (χ2v) is 6.89. The van der Waals surface area contributed by atoms with Crippen LogP contribution in [0.2, 0.25) is 5.02 Å². The monoisotopic (exact) mass is 470 g/mol. The minimum Gasteiger partial charge on any atom is -0.447 e. The number of benzene rings is 1. The number of rotatable bonds is 7. The molecule has 1 aromatic heterocycles. The number of aromatic nitrogens is 2. The van der Waals surface area contributed by atoms with E-state index >= 15 is 0 Å². The number of hydrogen-bond donors (Lipinski definition) is 2. The summed E-state index contributed by atoms with van der Waals surface area (Å²) in [7, 11) is 0. The van der Waals surface area contributed by atoms with Crippen LogP contribution in [0, 0.1) is 11.6 Å². The molecule has 0 saturated carbocycles. The Hall–Kier alpha value is -2.51. The van der Waals surface area contributed by atoms with Gasteiger partial charge in [-0.2, -0.15) is 0 Å². The van der Waals surface area contributed by atoms with Gasteiger partial charge in [-0.05, 0) is 25.0 Å². The van der Waals surface area contributed by atoms with Crippen LogP contribution in [0.1, 0.15) is 35.1 Å². The van der Waals surface area contributed by atoms with Crippen LogP contribution in [0.4, 0.5) is 22.0 Å². The largest absolute Gasteiger partial charge is 0.522 e. The van der Waals surface area contributed by atoms with Crippen LogP contribution in [0.15, 0.2) is 16.5 Å². The van der Waals surface area contributed by atoms with E-state index in [2.05, 4.69) is 25.6 Å². The number of alkyl halides is 3. The maximum absolute atomic E-state index is 13.5. The maximum Gasteiger partial charge on any atom is 0.522 e. The van der Waals surface area contributed by atoms with E-state index in [1.807, 2.05) is 0 Å². The first-order valence-electron chi connectivity index (χ1n) is 8.98. The first-order valence-corrected chi connectivity index (χ1v) is 9.36. The van der Waals surface area contributed by atoms with Crippen LogP contribution in [-0.4, -0.2) is 48.3 Å². The van der Waals surface area contributed by atoms with Gasteiger partial charge in [-0.1, -0.05) is 16.7 Å². The van der Waals surface area contributed by atoms with Crippen molar-refractivity contribution in [1.29, 1.82) is 0 Å². The van der Waals surface area contributed by atoms with Gasteiger partial charge in [0.15, 0.2) is 0 Å². The molecule has 0 radical (unpaired) electrons. The lowest BCUT2D eigenvalue weighted by molar-refractivity contribution is -0.325. The molecular weight excluding hydrogens is 455 g/mol. The second kappa shape index (κ2) is 9.75. The zero-order valence-corrected chi connectivity index (χ0v) is 16.4. The summed E-state index contributed by atoms with van der Waals surface area (Å²) < 4.78 is 76.4. The Kier molecular flexibility index (Phi) is 7.28. The van der Waals surface area contributed by atoms with E-state index in [-0.39, 0.29) is 29.6 Å². The standard InChI is InChI=1S/C17H16ClF5N4O4/c18-13-10(19)5-8(6-11(13)20)14(28)25-9-1-2-12(24-7-9)15-26-27-16(31-15)29-3-4-30-17(21,22)23/h5-6,9,12,24H,1-4,7H2,(H,25,28)/t9?,12-/m1/s1. The summed E-state index contributed by atoms with van der Waals surface area (Å²) in [6.07, 6.45) is -4.10. The molecule has 1 amide bonds.